The van der Waals surface area contributed by atoms with Crippen LogP contribution in [0.3, 0.4) is 0 Å². The van der Waals surface area contributed by atoms with E-state index in [4.69, 9.17) is 9.47 Å². The molecule has 5 heteroatoms. The Morgan fingerprint density at radius 3 is 3.00 bits per heavy atom. The number of carbonyl (C=O) groups excluding carboxylic acids is 1. The van der Waals surface area contributed by atoms with Crippen LogP contribution < -0.4 is 15.0 Å². The quantitative estimate of drug-likeness (QED) is 0.885. The van der Waals surface area contributed by atoms with Gasteiger partial charge in [0.25, 0.3) is 0 Å². The molecule has 0 radical (unpaired) electrons. The van der Waals surface area contributed by atoms with E-state index in [0.29, 0.717) is 13.2 Å². The second kappa shape index (κ2) is 4.74. The number of amides is 1. The summed E-state index contributed by atoms with van der Waals surface area (Å²) in [4.78, 5) is 13.6. The Kier molecular flexibility index (Phi) is 3.06. The lowest BCUT2D eigenvalue weighted by Crippen LogP contribution is -2.38. The number of hydrogen-bond acceptors (Lipinski definition) is 4. The van der Waals surface area contributed by atoms with Crippen LogP contribution in [0, 0.1) is 6.92 Å². The number of nitrogens with one attached hydrogen (secondary N) is 1. The predicted octanol–water partition coefficient (Wildman–Crippen LogP) is 1.95. The molecule has 19 heavy (non-hydrogen) atoms. The Morgan fingerprint density at radius 1 is 1.42 bits per heavy atom. The van der Waals surface area contributed by atoms with Crippen molar-refractivity contribution in [1.82, 2.24) is 5.32 Å². The van der Waals surface area contributed by atoms with Gasteiger partial charge in [0.15, 0.2) is 0 Å². The van der Waals surface area contributed by atoms with Crippen LogP contribution >= 0.6 is 0 Å². The van der Waals surface area contributed by atoms with Gasteiger partial charge in [0.2, 0.25) is 0 Å². The van der Waals surface area contributed by atoms with E-state index in [9.17, 15) is 4.79 Å². The SMILES string of the molecule is COc1c(N2CCCOC2=O)cc2c(c1C)CNC2. The van der Waals surface area contributed by atoms with Crippen LogP contribution in [-0.2, 0) is 17.8 Å². The number of ether oxygens (including phenoxy) is 2. The number of fused-ring (bicyclic) bond motifs is 1. The van der Waals surface area contributed by atoms with E-state index in [1.807, 2.05) is 13.0 Å². The highest BCUT2D eigenvalue weighted by molar-refractivity contribution is 5.91. The summed E-state index contributed by atoms with van der Waals surface area (Å²) in [7, 11) is 1.65. The summed E-state index contributed by atoms with van der Waals surface area (Å²) in [6.45, 7) is 4.94. The molecule has 1 amide bonds. The molecular formula is C14H18N2O3. The fraction of sp³-hybridized carbons (Fsp3) is 0.500. The Labute approximate surface area is 112 Å². The molecule has 2 aliphatic heterocycles. The van der Waals surface area contributed by atoms with Gasteiger partial charge in [-0.05, 0) is 36.1 Å². The van der Waals surface area contributed by atoms with E-state index in [-0.39, 0.29) is 6.09 Å². The number of cyclic esters (lactones) is 1. The summed E-state index contributed by atoms with van der Waals surface area (Å²) in [6, 6.07) is 2.05. The van der Waals surface area contributed by atoms with Crippen molar-refractivity contribution in [1.29, 1.82) is 0 Å². The van der Waals surface area contributed by atoms with Crippen molar-refractivity contribution in [3.63, 3.8) is 0 Å². The molecule has 2 heterocycles. The zero-order chi connectivity index (χ0) is 13.4. The van der Waals surface area contributed by atoms with Gasteiger partial charge < -0.3 is 14.8 Å². The first kappa shape index (κ1) is 12.3. The van der Waals surface area contributed by atoms with Crippen LogP contribution in [0.25, 0.3) is 0 Å². The lowest BCUT2D eigenvalue weighted by molar-refractivity contribution is 0.140. The molecule has 0 atom stereocenters. The van der Waals surface area contributed by atoms with Crippen molar-refractivity contribution in [2.75, 3.05) is 25.2 Å². The topological polar surface area (TPSA) is 50.8 Å². The average Bonchev–Trinajstić information content (AvgIpc) is 2.88. The van der Waals surface area contributed by atoms with Gasteiger partial charge in [-0.25, -0.2) is 4.79 Å². The molecule has 0 spiro atoms. The van der Waals surface area contributed by atoms with E-state index >= 15 is 0 Å². The highest BCUT2D eigenvalue weighted by atomic mass is 16.6. The second-order valence-corrected chi connectivity index (χ2v) is 4.91. The van der Waals surface area contributed by atoms with Crippen LogP contribution in [0.1, 0.15) is 23.1 Å². The maximum atomic E-state index is 11.9. The Hall–Kier alpha value is -1.75. The molecule has 3 rings (SSSR count). The maximum Gasteiger partial charge on any atom is 0.414 e. The molecule has 1 N–H and O–H groups in total. The normalized spacial score (nSPS) is 18.2. The number of carbonyl (C=O) groups is 1. The van der Waals surface area contributed by atoms with Gasteiger partial charge in [0.1, 0.15) is 5.75 Å². The zero-order valence-corrected chi connectivity index (χ0v) is 11.3. The summed E-state index contributed by atoms with van der Waals surface area (Å²) < 4.78 is 10.6. The third-order valence-electron chi connectivity index (χ3n) is 3.81. The van der Waals surface area contributed by atoms with Crippen LogP contribution in [0.5, 0.6) is 5.75 Å². The average molecular weight is 262 g/mol. The van der Waals surface area contributed by atoms with E-state index in [0.717, 1.165) is 36.5 Å². The van der Waals surface area contributed by atoms with E-state index in [1.165, 1.54) is 11.1 Å². The van der Waals surface area contributed by atoms with Crippen LogP contribution in [0.4, 0.5) is 10.5 Å². The van der Waals surface area contributed by atoms with Crippen LogP contribution in [-0.4, -0.2) is 26.4 Å². The molecule has 0 unspecified atom stereocenters. The van der Waals surface area contributed by atoms with Crippen molar-refractivity contribution in [2.24, 2.45) is 0 Å². The van der Waals surface area contributed by atoms with Gasteiger partial charge in [-0.15, -0.1) is 0 Å². The zero-order valence-electron chi connectivity index (χ0n) is 11.3. The minimum atomic E-state index is -0.283. The fourth-order valence-electron chi connectivity index (χ4n) is 2.84. The van der Waals surface area contributed by atoms with Crippen molar-refractivity contribution in [3.8, 4) is 5.75 Å². The smallest absolute Gasteiger partial charge is 0.414 e. The Bertz CT molecular complexity index is 528. The molecule has 102 valence electrons. The molecule has 1 fully saturated rings. The molecule has 5 nitrogen and oxygen atoms in total. The van der Waals surface area contributed by atoms with Crippen LogP contribution in [0.2, 0.25) is 0 Å². The largest absolute Gasteiger partial charge is 0.494 e. The molecule has 0 bridgehead atoms. The number of methoxy groups -OCH3 is 1. The van der Waals surface area contributed by atoms with Crippen LogP contribution in [0.15, 0.2) is 6.07 Å². The molecule has 0 saturated carbocycles. The summed E-state index contributed by atoms with van der Waals surface area (Å²) in [5, 5.41) is 3.33. The number of rotatable bonds is 2. The lowest BCUT2D eigenvalue weighted by Gasteiger charge is -2.29. The molecule has 0 aromatic heterocycles. The summed E-state index contributed by atoms with van der Waals surface area (Å²) >= 11 is 0. The molecule has 1 saturated heterocycles. The molecular weight excluding hydrogens is 244 g/mol. The van der Waals surface area contributed by atoms with Crippen molar-refractivity contribution in [2.45, 2.75) is 26.4 Å². The van der Waals surface area contributed by atoms with Gasteiger partial charge >= 0.3 is 6.09 Å². The third-order valence-corrected chi connectivity index (χ3v) is 3.81. The van der Waals surface area contributed by atoms with E-state index in [1.54, 1.807) is 12.0 Å². The molecule has 0 aliphatic carbocycles. The summed E-state index contributed by atoms with van der Waals surface area (Å²) in [6.07, 6.45) is 0.568. The number of anilines is 1. The lowest BCUT2D eigenvalue weighted by atomic mass is 10.0. The summed E-state index contributed by atoms with van der Waals surface area (Å²) in [5.74, 6) is 0.779. The van der Waals surface area contributed by atoms with E-state index in [2.05, 4.69) is 5.32 Å². The Balaban J connectivity index is 2.09. The first-order chi connectivity index (χ1) is 9.22. The maximum absolute atomic E-state index is 11.9. The molecule has 2 aliphatic rings. The predicted molar refractivity (Wildman–Crippen MR) is 71.6 cm³/mol. The molecule has 1 aromatic carbocycles. The second-order valence-electron chi connectivity index (χ2n) is 4.91. The number of hydrogen-bond donors (Lipinski definition) is 1. The highest BCUT2D eigenvalue weighted by Gasteiger charge is 2.28. The Morgan fingerprint density at radius 2 is 2.26 bits per heavy atom. The van der Waals surface area contributed by atoms with Gasteiger partial charge in [-0.2, -0.15) is 0 Å². The minimum Gasteiger partial charge on any atom is -0.494 e. The van der Waals surface area contributed by atoms with E-state index < -0.39 is 0 Å². The summed E-state index contributed by atoms with van der Waals surface area (Å²) in [5.41, 5.74) is 4.46. The number of benzene rings is 1. The first-order valence-electron chi connectivity index (χ1n) is 6.56. The first-order valence-corrected chi connectivity index (χ1v) is 6.56. The van der Waals surface area contributed by atoms with Gasteiger partial charge in [0.05, 0.1) is 19.4 Å². The van der Waals surface area contributed by atoms with Crippen molar-refractivity contribution in [3.05, 3.63) is 22.8 Å². The van der Waals surface area contributed by atoms with Gasteiger partial charge in [0, 0.05) is 19.6 Å². The highest BCUT2D eigenvalue weighted by Crippen LogP contribution is 2.38. The third kappa shape index (κ3) is 1.94. The molecule has 1 aromatic rings. The van der Waals surface area contributed by atoms with Crippen molar-refractivity contribution < 1.29 is 14.3 Å². The monoisotopic (exact) mass is 262 g/mol. The fourth-order valence-corrected chi connectivity index (χ4v) is 2.84. The van der Waals surface area contributed by atoms with Gasteiger partial charge in [-0.3, -0.25) is 4.90 Å². The standard InChI is InChI=1S/C14H18N2O3/c1-9-11-8-15-7-10(11)6-12(13(9)18-2)16-4-3-5-19-14(16)17/h6,15H,3-5,7-8H2,1-2H3. The minimum absolute atomic E-state index is 0.283. The van der Waals surface area contributed by atoms with Gasteiger partial charge in [-0.1, -0.05) is 0 Å². The number of nitrogens with zero attached hydrogens (tertiary/aromatic N) is 1. The van der Waals surface area contributed by atoms with Crippen molar-refractivity contribution >= 4 is 11.8 Å².